The Morgan fingerprint density at radius 3 is 2.17 bits per heavy atom. The maximum absolute atomic E-state index is 11.7. The third-order valence-corrected chi connectivity index (χ3v) is 3.02. The number of amides is 2. The molecule has 0 aromatic heterocycles. The standard InChI is InChI=1S/C16H13ClN2O4/c17-13-8-6-12(7-9-13)16(22)23-10-14(20)18-19-15(21)11-4-2-1-3-5-11/h1-9H,10H2,(H,18,20)(H,19,21). The summed E-state index contributed by atoms with van der Waals surface area (Å²) in [5.74, 6) is -1.79. The second-order valence-electron chi connectivity index (χ2n) is 4.45. The topological polar surface area (TPSA) is 84.5 Å². The van der Waals surface area contributed by atoms with Gasteiger partial charge in [0.1, 0.15) is 0 Å². The highest BCUT2D eigenvalue weighted by Gasteiger charge is 2.11. The summed E-state index contributed by atoms with van der Waals surface area (Å²) in [6.45, 7) is -0.517. The number of hydrazine groups is 1. The molecule has 0 aliphatic rings. The predicted octanol–water partition coefficient (Wildman–Crippen LogP) is 1.96. The average Bonchev–Trinajstić information content (AvgIpc) is 2.59. The number of benzene rings is 2. The molecule has 2 rings (SSSR count). The van der Waals surface area contributed by atoms with E-state index in [4.69, 9.17) is 16.3 Å². The Kier molecular flexibility index (Phi) is 5.71. The van der Waals surface area contributed by atoms with E-state index in [1.807, 2.05) is 0 Å². The normalized spacial score (nSPS) is 9.78. The Morgan fingerprint density at radius 1 is 0.870 bits per heavy atom. The van der Waals surface area contributed by atoms with Crippen molar-refractivity contribution >= 4 is 29.4 Å². The molecule has 118 valence electrons. The first-order valence-corrected chi connectivity index (χ1v) is 7.01. The van der Waals surface area contributed by atoms with Crippen molar-refractivity contribution in [1.29, 1.82) is 0 Å². The Bertz CT molecular complexity index is 702. The van der Waals surface area contributed by atoms with Gasteiger partial charge in [0, 0.05) is 10.6 Å². The molecule has 2 amide bonds. The Balaban J connectivity index is 1.76. The van der Waals surface area contributed by atoms with Crippen molar-refractivity contribution in [2.24, 2.45) is 0 Å². The van der Waals surface area contributed by atoms with Crippen LogP contribution in [0.4, 0.5) is 0 Å². The first kappa shape index (κ1) is 16.5. The minimum atomic E-state index is -0.661. The largest absolute Gasteiger partial charge is 0.452 e. The van der Waals surface area contributed by atoms with E-state index in [0.717, 1.165) is 0 Å². The van der Waals surface area contributed by atoms with Crippen LogP contribution in [0.25, 0.3) is 0 Å². The number of carbonyl (C=O) groups is 3. The Labute approximate surface area is 137 Å². The summed E-state index contributed by atoms with van der Waals surface area (Å²) in [6, 6.07) is 14.4. The van der Waals surface area contributed by atoms with Gasteiger partial charge in [0.15, 0.2) is 6.61 Å². The molecule has 2 aromatic carbocycles. The first-order chi connectivity index (χ1) is 11.1. The monoisotopic (exact) mass is 332 g/mol. The van der Waals surface area contributed by atoms with Crippen molar-refractivity contribution < 1.29 is 19.1 Å². The van der Waals surface area contributed by atoms with E-state index < -0.39 is 24.4 Å². The van der Waals surface area contributed by atoms with Gasteiger partial charge in [-0.25, -0.2) is 4.79 Å². The van der Waals surface area contributed by atoms with E-state index >= 15 is 0 Å². The SMILES string of the molecule is O=C(COC(=O)c1ccc(Cl)cc1)NNC(=O)c1ccccc1. The Hall–Kier alpha value is -2.86. The van der Waals surface area contributed by atoms with Gasteiger partial charge in [0.2, 0.25) is 0 Å². The lowest BCUT2D eigenvalue weighted by Gasteiger charge is -2.08. The van der Waals surface area contributed by atoms with Crippen LogP contribution >= 0.6 is 11.6 Å². The number of nitrogens with one attached hydrogen (secondary N) is 2. The smallest absolute Gasteiger partial charge is 0.338 e. The highest BCUT2D eigenvalue weighted by atomic mass is 35.5. The summed E-state index contributed by atoms with van der Waals surface area (Å²) in [5, 5.41) is 0.489. The molecule has 2 N–H and O–H groups in total. The van der Waals surface area contributed by atoms with E-state index in [1.165, 1.54) is 24.3 Å². The van der Waals surface area contributed by atoms with Crippen LogP contribution in [0.1, 0.15) is 20.7 Å². The van der Waals surface area contributed by atoms with Gasteiger partial charge in [0.05, 0.1) is 5.56 Å². The zero-order chi connectivity index (χ0) is 16.7. The maximum atomic E-state index is 11.7. The van der Waals surface area contributed by atoms with Gasteiger partial charge < -0.3 is 4.74 Å². The minimum absolute atomic E-state index is 0.274. The summed E-state index contributed by atoms with van der Waals surface area (Å²) in [7, 11) is 0. The average molecular weight is 333 g/mol. The molecular formula is C16H13ClN2O4. The number of esters is 1. The highest BCUT2D eigenvalue weighted by Crippen LogP contribution is 2.10. The van der Waals surface area contributed by atoms with Gasteiger partial charge in [-0.1, -0.05) is 29.8 Å². The third kappa shape index (κ3) is 5.12. The second-order valence-corrected chi connectivity index (χ2v) is 4.89. The van der Waals surface area contributed by atoms with Gasteiger partial charge >= 0.3 is 5.97 Å². The van der Waals surface area contributed by atoms with Crippen LogP contribution in [0.15, 0.2) is 54.6 Å². The second kappa shape index (κ2) is 7.95. The molecule has 0 aliphatic carbocycles. The molecule has 0 unspecified atom stereocenters. The number of halogens is 1. The molecule has 0 heterocycles. The fourth-order valence-corrected chi connectivity index (χ4v) is 1.75. The van der Waals surface area contributed by atoms with E-state index in [9.17, 15) is 14.4 Å². The molecule has 0 fully saturated rings. The summed E-state index contributed by atoms with van der Waals surface area (Å²) in [6.07, 6.45) is 0. The van der Waals surface area contributed by atoms with Gasteiger partial charge in [-0.2, -0.15) is 0 Å². The molecule has 0 saturated carbocycles. The highest BCUT2D eigenvalue weighted by molar-refractivity contribution is 6.30. The Morgan fingerprint density at radius 2 is 1.52 bits per heavy atom. The van der Waals surface area contributed by atoms with Crippen LogP contribution in [0.5, 0.6) is 0 Å². The number of ether oxygens (including phenoxy) is 1. The summed E-state index contributed by atoms with van der Waals surface area (Å²) >= 11 is 5.71. The van der Waals surface area contributed by atoms with Crippen LogP contribution in [0.2, 0.25) is 5.02 Å². The number of carbonyl (C=O) groups excluding carboxylic acids is 3. The minimum Gasteiger partial charge on any atom is -0.452 e. The lowest BCUT2D eigenvalue weighted by atomic mass is 10.2. The van der Waals surface area contributed by atoms with E-state index in [2.05, 4.69) is 10.9 Å². The van der Waals surface area contributed by atoms with Crippen molar-refractivity contribution in [2.45, 2.75) is 0 Å². The van der Waals surface area contributed by atoms with Crippen LogP contribution in [0, 0.1) is 0 Å². The molecule has 0 bridgehead atoms. The van der Waals surface area contributed by atoms with Crippen LogP contribution in [0.3, 0.4) is 0 Å². The van der Waals surface area contributed by atoms with E-state index in [1.54, 1.807) is 30.3 Å². The van der Waals surface area contributed by atoms with Gasteiger partial charge in [-0.05, 0) is 36.4 Å². The van der Waals surface area contributed by atoms with Crippen LogP contribution in [-0.4, -0.2) is 24.4 Å². The van der Waals surface area contributed by atoms with E-state index in [-0.39, 0.29) is 5.56 Å². The summed E-state index contributed by atoms with van der Waals surface area (Å²) in [5.41, 5.74) is 5.05. The third-order valence-electron chi connectivity index (χ3n) is 2.77. The molecule has 0 atom stereocenters. The van der Waals surface area contributed by atoms with Gasteiger partial charge in [0.25, 0.3) is 11.8 Å². The quantitative estimate of drug-likeness (QED) is 0.662. The summed E-state index contributed by atoms with van der Waals surface area (Å²) < 4.78 is 4.82. The van der Waals surface area contributed by atoms with Gasteiger partial charge in [-0.15, -0.1) is 0 Å². The van der Waals surface area contributed by atoms with Crippen molar-refractivity contribution in [3.63, 3.8) is 0 Å². The number of hydrogen-bond acceptors (Lipinski definition) is 4. The number of hydrogen-bond donors (Lipinski definition) is 2. The zero-order valence-electron chi connectivity index (χ0n) is 11.9. The number of rotatable bonds is 4. The summed E-state index contributed by atoms with van der Waals surface area (Å²) in [4.78, 5) is 34.9. The molecule has 2 aromatic rings. The van der Waals surface area contributed by atoms with Crippen molar-refractivity contribution in [1.82, 2.24) is 10.9 Å². The molecule has 0 spiro atoms. The van der Waals surface area contributed by atoms with Gasteiger partial charge in [-0.3, -0.25) is 20.4 Å². The lowest BCUT2D eigenvalue weighted by Crippen LogP contribution is -2.43. The lowest BCUT2D eigenvalue weighted by molar-refractivity contribution is -0.125. The van der Waals surface area contributed by atoms with Crippen molar-refractivity contribution in [2.75, 3.05) is 6.61 Å². The molecular weight excluding hydrogens is 320 g/mol. The molecule has 6 nitrogen and oxygen atoms in total. The zero-order valence-corrected chi connectivity index (χ0v) is 12.7. The van der Waals surface area contributed by atoms with Crippen LogP contribution in [-0.2, 0) is 9.53 Å². The van der Waals surface area contributed by atoms with Crippen molar-refractivity contribution in [3.05, 3.63) is 70.7 Å². The van der Waals surface area contributed by atoms with Crippen molar-refractivity contribution in [3.8, 4) is 0 Å². The molecule has 23 heavy (non-hydrogen) atoms. The maximum Gasteiger partial charge on any atom is 0.338 e. The predicted molar refractivity (Wildman–Crippen MR) is 83.8 cm³/mol. The molecule has 0 aliphatic heterocycles. The fourth-order valence-electron chi connectivity index (χ4n) is 1.62. The van der Waals surface area contributed by atoms with Crippen LogP contribution < -0.4 is 10.9 Å². The van der Waals surface area contributed by atoms with E-state index in [0.29, 0.717) is 10.6 Å². The molecule has 0 radical (unpaired) electrons. The fraction of sp³-hybridized carbons (Fsp3) is 0.0625. The molecule has 7 heteroatoms. The molecule has 0 saturated heterocycles. The first-order valence-electron chi connectivity index (χ1n) is 6.63.